The van der Waals surface area contributed by atoms with Gasteiger partial charge in [-0.3, -0.25) is 14.4 Å². The monoisotopic (exact) mass is 414 g/mol. The summed E-state index contributed by atoms with van der Waals surface area (Å²) in [7, 11) is 0. The van der Waals surface area contributed by atoms with Crippen LogP contribution in [-0.4, -0.2) is 30.4 Å². The van der Waals surface area contributed by atoms with Gasteiger partial charge in [0, 0.05) is 18.7 Å². The Balaban J connectivity index is 1.62. The van der Waals surface area contributed by atoms with Gasteiger partial charge in [-0.1, -0.05) is 35.9 Å². The van der Waals surface area contributed by atoms with E-state index in [9.17, 15) is 14.4 Å². The Kier molecular flexibility index (Phi) is 6.23. The largest absolute Gasteiger partial charge is 0.452 e. The van der Waals surface area contributed by atoms with Gasteiger partial charge < -0.3 is 15.0 Å². The number of nitrogens with one attached hydrogen (secondary N) is 1. The number of esters is 1. The van der Waals surface area contributed by atoms with Gasteiger partial charge in [0.2, 0.25) is 5.91 Å². The zero-order chi connectivity index (χ0) is 21.1. The fraction of sp³-hybridized carbons (Fsp3) is 0.318. The van der Waals surface area contributed by atoms with Gasteiger partial charge in [0.25, 0.3) is 5.91 Å². The topological polar surface area (TPSA) is 75.7 Å². The number of hydrogen-bond acceptors (Lipinski definition) is 4. The minimum absolute atomic E-state index is 0.0606. The summed E-state index contributed by atoms with van der Waals surface area (Å²) in [5, 5.41) is 3.03. The first kappa shape index (κ1) is 20.9. The van der Waals surface area contributed by atoms with Gasteiger partial charge in [-0.15, -0.1) is 0 Å². The summed E-state index contributed by atoms with van der Waals surface area (Å²) in [6, 6.07) is 12.5. The second-order valence-corrected chi connectivity index (χ2v) is 7.58. The number of carbonyl (C=O) groups is 3. The summed E-state index contributed by atoms with van der Waals surface area (Å²) in [5.41, 5.74) is 3.32. The number of rotatable bonds is 5. The number of ether oxygens (including phenoxy) is 1. The van der Waals surface area contributed by atoms with Crippen molar-refractivity contribution in [2.75, 3.05) is 16.8 Å². The number of amides is 2. The molecular formula is C22H23ClN2O4. The average Bonchev–Trinajstić information content (AvgIpc) is 3.07. The van der Waals surface area contributed by atoms with Gasteiger partial charge in [-0.25, -0.2) is 0 Å². The molecule has 6 nitrogen and oxygen atoms in total. The Hall–Kier alpha value is -2.86. The van der Waals surface area contributed by atoms with Gasteiger partial charge in [-0.2, -0.15) is 0 Å². The SMILES string of the molecule is Cc1cccc(N2C[C@H](C(=O)O[C@H](C)C(=O)Nc3ccccc3Cl)CC2=O)c1C. The zero-order valence-corrected chi connectivity index (χ0v) is 17.3. The molecule has 3 rings (SSSR count). The lowest BCUT2D eigenvalue weighted by Crippen LogP contribution is -2.33. The van der Waals surface area contributed by atoms with E-state index in [-0.39, 0.29) is 18.9 Å². The van der Waals surface area contributed by atoms with Crippen LogP contribution in [0.4, 0.5) is 11.4 Å². The van der Waals surface area contributed by atoms with Crippen LogP contribution < -0.4 is 10.2 Å². The fourth-order valence-corrected chi connectivity index (χ4v) is 3.43. The van der Waals surface area contributed by atoms with E-state index in [1.165, 1.54) is 6.92 Å². The van der Waals surface area contributed by atoms with Crippen molar-refractivity contribution in [2.24, 2.45) is 5.92 Å². The molecule has 0 aliphatic carbocycles. The Labute approximate surface area is 174 Å². The van der Waals surface area contributed by atoms with E-state index in [0.717, 1.165) is 16.8 Å². The van der Waals surface area contributed by atoms with Crippen molar-refractivity contribution in [3.63, 3.8) is 0 Å². The standard InChI is InChI=1S/C22H23ClN2O4/c1-13-7-6-10-19(14(13)2)25-12-16(11-20(25)26)22(28)29-15(3)21(27)24-18-9-5-4-8-17(18)23/h4-10,15-16H,11-12H2,1-3H3,(H,24,27)/t15-,16-/m1/s1. The maximum atomic E-state index is 12.5. The molecule has 0 radical (unpaired) electrons. The van der Waals surface area contributed by atoms with Crippen LogP contribution in [0.25, 0.3) is 0 Å². The van der Waals surface area contributed by atoms with E-state index in [1.54, 1.807) is 29.2 Å². The van der Waals surface area contributed by atoms with E-state index in [4.69, 9.17) is 16.3 Å². The van der Waals surface area contributed by atoms with Gasteiger partial charge in [-0.05, 0) is 50.1 Å². The predicted molar refractivity (Wildman–Crippen MR) is 112 cm³/mol. The summed E-state index contributed by atoms with van der Waals surface area (Å²) < 4.78 is 5.32. The van der Waals surface area contributed by atoms with Crippen LogP contribution in [0.1, 0.15) is 24.5 Å². The molecule has 2 atom stereocenters. The number of halogens is 1. The molecule has 2 aromatic rings. The molecule has 1 N–H and O–H groups in total. The van der Waals surface area contributed by atoms with Crippen molar-refractivity contribution >= 4 is 40.8 Å². The number of anilines is 2. The van der Waals surface area contributed by atoms with Crippen molar-refractivity contribution < 1.29 is 19.1 Å². The molecule has 29 heavy (non-hydrogen) atoms. The fourth-order valence-electron chi connectivity index (χ4n) is 3.25. The highest BCUT2D eigenvalue weighted by Crippen LogP contribution is 2.30. The lowest BCUT2D eigenvalue weighted by atomic mass is 10.1. The average molecular weight is 415 g/mol. The van der Waals surface area contributed by atoms with Gasteiger partial charge >= 0.3 is 5.97 Å². The molecule has 1 aliphatic rings. The molecule has 0 unspecified atom stereocenters. The zero-order valence-electron chi connectivity index (χ0n) is 16.6. The molecule has 1 saturated heterocycles. The lowest BCUT2D eigenvalue weighted by Gasteiger charge is -2.20. The van der Waals surface area contributed by atoms with Crippen LogP contribution in [0.3, 0.4) is 0 Å². The summed E-state index contributed by atoms with van der Waals surface area (Å²) >= 11 is 6.03. The normalized spacial score (nSPS) is 17.2. The number of carbonyl (C=O) groups excluding carboxylic acids is 3. The third kappa shape index (κ3) is 4.59. The molecule has 1 heterocycles. The molecule has 0 saturated carbocycles. The quantitative estimate of drug-likeness (QED) is 0.753. The first-order chi connectivity index (χ1) is 13.8. The Morgan fingerprint density at radius 3 is 2.62 bits per heavy atom. The minimum atomic E-state index is -1.01. The van der Waals surface area contributed by atoms with Crippen molar-refractivity contribution in [3.05, 3.63) is 58.6 Å². The molecule has 2 aromatic carbocycles. The van der Waals surface area contributed by atoms with Gasteiger partial charge in [0.1, 0.15) is 0 Å². The minimum Gasteiger partial charge on any atom is -0.452 e. The number of para-hydroxylation sites is 1. The third-order valence-electron chi connectivity index (χ3n) is 5.12. The third-order valence-corrected chi connectivity index (χ3v) is 5.45. The van der Waals surface area contributed by atoms with Crippen molar-refractivity contribution in [1.29, 1.82) is 0 Å². The van der Waals surface area contributed by atoms with E-state index in [0.29, 0.717) is 10.7 Å². The van der Waals surface area contributed by atoms with E-state index in [1.807, 2.05) is 32.0 Å². The maximum Gasteiger partial charge on any atom is 0.312 e. The van der Waals surface area contributed by atoms with Crippen LogP contribution in [0.5, 0.6) is 0 Å². The van der Waals surface area contributed by atoms with E-state index < -0.39 is 23.9 Å². The molecule has 1 fully saturated rings. The van der Waals surface area contributed by atoms with Crippen LogP contribution >= 0.6 is 11.6 Å². The number of aryl methyl sites for hydroxylation is 1. The molecule has 2 amide bonds. The highest BCUT2D eigenvalue weighted by atomic mass is 35.5. The van der Waals surface area contributed by atoms with E-state index >= 15 is 0 Å². The van der Waals surface area contributed by atoms with Crippen LogP contribution in [0.2, 0.25) is 5.02 Å². The molecule has 1 aliphatic heterocycles. The summed E-state index contributed by atoms with van der Waals surface area (Å²) in [6.07, 6.45) is -0.950. The summed E-state index contributed by atoms with van der Waals surface area (Å²) in [4.78, 5) is 39.0. The summed E-state index contributed by atoms with van der Waals surface area (Å²) in [5.74, 6) is -1.79. The smallest absolute Gasteiger partial charge is 0.312 e. The Morgan fingerprint density at radius 2 is 1.90 bits per heavy atom. The number of hydrogen-bond donors (Lipinski definition) is 1. The molecule has 0 bridgehead atoms. The first-order valence-corrected chi connectivity index (χ1v) is 9.78. The molecule has 0 spiro atoms. The Bertz CT molecular complexity index is 960. The highest BCUT2D eigenvalue weighted by Gasteiger charge is 2.37. The van der Waals surface area contributed by atoms with Crippen molar-refractivity contribution in [3.8, 4) is 0 Å². The van der Waals surface area contributed by atoms with E-state index in [2.05, 4.69) is 5.32 Å². The second kappa shape index (κ2) is 8.66. The Morgan fingerprint density at radius 1 is 1.17 bits per heavy atom. The van der Waals surface area contributed by atoms with Crippen LogP contribution in [-0.2, 0) is 19.1 Å². The number of benzene rings is 2. The molecule has 152 valence electrons. The lowest BCUT2D eigenvalue weighted by molar-refractivity contribution is -0.157. The summed E-state index contributed by atoms with van der Waals surface area (Å²) in [6.45, 7) is 5.65. The van der Waals surface area contributed by atoms with Crippen molar-refractivity contribution in [1.82, 2.24) is 0 Å². The van der Waals surface area contributed by atoms with Gasteiger partial charge in [0.15, 0.2) is 6.10 Å². The molecular weight excluding hydrogens is 392 g/mol. The second-order valence-electron chi connectivity index (χ2n) is 7.17. The van der Waals surface area contributed by atoms with Crippen LogP contribution in [0, 0.1) is 19.8 Å². The van der Waals surface area contributed by atoms with Crippen molar-refractivity contribution in [2.45, 2.75) is 33.3 Å². The highest BCUT2D eigenvalue weighted by molar-refractivity contribution is 6.33. The molecule has 0 aromatic heterocycles. The predicted octanol–water partition coefficient (Wildman–Crippen LogP) is 3.88. The number of nitrogens with zero attached hydrogens (tertiary/aromatic N) is 1. The van der Waals surface area contributed by atoms with Gasteiger partial charge in [0.05, 0.1) is 16.6 Å². The maximum absolute atomic E-state index is 12.5. The van der Waals surface area contributed by atoms with Crippen LogP contribution in [0.15, 0.2) is 42.5 Å². The first-order valence-electron chi connectivity index (χ1n) is 9.40. The molecule has 7 heteroatoms.